The number of Topliss-reactive ketones (excluding diaryl/α,β-unsaturated/α-hetero) is 2. The van der Waals surface area contributed by atoms with Crippen LogP contribution in [-0.4, -0.2) is 11.6 Å². The van der Waals surface area contributed by atoms with Crippen molar-refractivity contribution in [3.63, 3.8) is 0 Å². The molecule has 0 amide bonds. The van der Waals surface area contributed by atoms with E-state index in [1.54, 1.807) is 0 Å². The fraction of sp³-hybridized carbons (Fsp3) is 0.750. The molecule has 0 bridgehead atoms. The van der Waals surface area contributed by atoms with Crippen LogP contribution in [0.25, 0.3) is 0 Å². The summed E-state index contributed by atoms with van der Waals surface area (Å²) in [5, 5.41) is 0. The predicted octanol–water partition coefficient (Wildman–Crippen LogP) is 1.33. The summed E-state index contributed by atoms with van der Waals surface area (Å²) < 4.78 is 0. The summed E-state index contributed by atoms with van der Waals surface area (Å²) in [6.45, 7) is 2.06. The molecular weight excluding hydrogens is 128 g/mol. The normalized spacial score (nSPS) is 27.1. The summed E-state index contributed by atoms with van der Waals surface area (Å²) in [7, 11) is 0. The van der Waals surface area contributed by atoms with Crippen LogP contribution in [0, 0.1) is 5.92 Å². The number of rotatable bonds is 1. The summed E-state index contributed by atoms with van der Waals surface area (Å²) in [6, 6.07) is 0. The molecule has 0 unspecified atom stereocenters. The fourth-order valence-corrected chi connectivity index (χ4v) is 1.30. The van der Waals surface area contributed by atoms with Gasteiger partial charge in [-0.2, -0.15) is 0 Å². The van der Waals surface area contributed by atoms with E-state index >= 15 is 0 Å². The van der Waals surface area contributed by atoms with Crippen LogP contribution in [0.2, 0.25) is 0 Å². The minimum Gasteiger partial charge on any atom is -0.291 e. The van der Waals surface area contributed by atoms with Crippen molar-refractivity contribution in [3.05, 3.63) is 0 Å². The highest BCUT2D eigenvalue weighted by Crippen LogP contribution is 2.21. The van der Waals surface area contributed by atoms with E-state index < -0.39 is 0 Å². The van der Waals surface area contributed by atoms with Crippen molar-refractivity contribution in [2.24, 2.45) is 5.92 Å². The maximum atomic E-state index is 10.8. The second kappa shape index (κ2) is 2.95. The third-order valence-corrected chi connectivity index (χ3v) is 2.14. The van der Waals surface area contributed by atoms with Crippen molar-refractivity contribution in [1.82, 2.24) is 0 Å². The number of hydrogen-bond donors (Lipinski definition) is 0. The van der Waals surface area contributed by atoms with Gasteiger partial charge in [0.15, 0.2) is 11.6 Å². The molecule has 1 fully saturated rings. The summed E-state index contributed by atoms with van der Waals surface area (Å²) >= 11 is 0. The van der Waals surface area contributed by atoms with Gasteiger partial charge in [-0.1, -0.05) is 13.3 Å². The van der Waals surface area contributed by atoms with Crippen molar-refractivity contribution >= 4 is 11.6 Å². The first-order chi connectivity index (χ1) is 4.74. The fourth-order valence-electron chi connectivity index (χ4n) is 1.30. The molecule has 1 saturated carbocycles. The molecule has 2 nitrogen and oxygen atoms in total. The predicted molar refractivity (Wildman–Crippen MR) is 37.6 cm³/mol. The third kappa shape index (κ3) is 1.43. The van der Waals surface area contributed by atoms with Crippen molar-refractivity contribution in [2.45, 2.75) is 32.6 Å². The lowest BCUT2D eigenvalue weighted by Crippen LogP contribution is -2.24. The standard InChI is InChI=1S/C8H12O2/c1-2-6-3-4-7(9)8(10)5-6/h6H,2-5H2,1H3/t6-/m1/s1. The minimum atomic E-state index is -0.162. The number of ketones is 2. The summed E-state index contributed by atoms with van der Waals surface area (Å²) in [5.74, 6) is 0.160. The molecular formula is C8H12O2. The monoisotopic (exact) mass is 140 g/mol. The van der Waals surface area contributed by atoms with Crippen molar-refractivity contribution in [1.29, 1.82) is 0 Å². The zero-order valence-electron chi connectivity index (χ0n) is 6.22. The Morgan fingerprint density at radius 2 is 2.10 bits per heavy atom. The van der Waals surface area contributed by atoms with Crippen molar-refractivity contribution < 1.29 is 9.59 Å². The van der Waals surface area contributed by atoms with Crippen molar-refractivity contribution in [3.8, 4) is 0 Å². The summed E-state index contributed by atoms with van der Waals surface area (Å²) in [4.78, 5) is 21.5. The van der Waals surface area contributed by atoms with E-state index in [1.807, 2.05) is 0 Å². The molecule has 0 heterocycles. The Hall–Kier alpha value is -0.660. The molecule has 0 aromatic carbocycles. The Labute approximate surface area is 60.6 Å². The average Bonchev–Trinajstić information content (AvgIpc) is 1.95. The highest BCUT2D eigenvalue weighted by atomic mass is 16.2. The van der Waals surface area contributed by atoms with Crippen LogP contribution < -0.4 is 0 Å². The number of carbonyl (C=O) groups is 2. The van der Waals surface area contributed by atoms with Crippen LogP contribution in [0.15, 0.2) is 0 Å². The van der Waals surface area contributed by atoms with Gasteiger partial charge in [-0.3, -0.25) is 9.59 Å². The van der Waals surface area contributed by atoms with E-state index in [0.29, 0.717) is 18.8 Å². The number of carbonyl (C=O) groups excluding carboxylic acids is 2. The molecule has 0 aromatic rings. The van der Waals surface area contributed by atoms with Crippen LogP contribution in [0.5, 0.6) is 0 Å². The first kappa shape index (κ1) is 7.45. The third-order valence-electron chi connectivity index (χ3n) is 2.14. The van der Waals surface area contributed by atoms with Gasteiger partial charge in [0.2, 0.25) is 0 Å². The van der Waals surface area contributed by atoms with Crippen LogP contribution in [0.1, 0.15) is 32.6 Å². The molecule has 56 valence electrons. The molecule has 1 atom stereocenters. The molecule has 1 aliphatic rings. The zero-order valence-corrected chi connectivity index (χ0v) is 6.22. The molecule has 1 aliphatic carbocycles. The highest BCUT2D eigenvalue weighted by molar-refractivity contribution is 6.37. The summed E-state index contributed by atoms with van der Waals surface area (Å²) in [5.41, 5.74) is 0. The topological polar surface area (TPSA) is 34.1 Å². The van der Waals surface area contributed by atoms with Gasteiger partial charge in [-0.15, -0.1) is 0 Å². The van der Waals surface area contributed by atoms with Crippen LogP contribution in [0.3, 0.4) is 0 Å². The maximum absolute atomic E-state index is 10.8. The van der Waals surface area contributed by atoms with E-state index in [2.05, 4.69) is 6.92 Å². The molecule has 1 rings (SSSR count). The molecule has 0 aliphatic heterocycles. The Morgan fingerprint density at radius 1 is 1.40 bits per heavy atom. The van der Waals surface area contributed by atoms with E-state index in [0.717, 1.165) is 12.8 Å². The molecule has 0 N–H and O–H groups in total. The zero-order chi connectivity index (χ0) is 7.56. The second-order valence-electron chi connectivity index (χ2n) is 2.86. The molecule has 0 radical (unpaired) electrons. The first-order valence-electron chi connectivity index (χ1n) is 3.80. The van der Waals surface area contributed by atoms with E-state index in [1.165, 1.54) is 0 Å². The average molecular weight is 140 g/mol. The van der Waals surface area contributed by atoms with E-state index in [4.69, 9.17) is 0 Å². The van der Waals surface area contributed by atoms with Crippen LogP contribution in [-0.2, 0) is 9.59 Å². The minimum absolute atomic E-state index is 0.155. The molecule has 0 aromatic heterocycles. The number of hydrogen-bond acceptors (Lipinski definition) is 2. The van der Waals surface area contributed by atoms with Gasteiger partial charge in [0, 0.05) is 12.8 Å². The van der Waals surface area contributed by atoms with Gasteiger partial charge in [0.05, 0.1) is 0 Å². The Morgan fingerprint density at radius 3 is 2.60 bits per heavy atom. The summed E-state index contributed by atoms with van der Waals surface area (Å²) in [6.07, 6.45) is 2.92. The lowest BCUT2D eigenvalue weighted by Gasteiger charge is -2.17. The highest BCUT2D eigenvalue weighted by Gasteiger charge is 2.24. The quantitative estimate of drug-likeness (QED) is 0.515. The molecule has 0 spiro atoms. The first-order valence-corrected chi connectivity index (χ1v) is 3.80. The molecule has 0 saturated heterocycles. The molecule has 2 heteroatoms. The van der Waals surface area contributed by atoms with E-state index in [9.17, 15) is 9.59 Å². The smallest absolute Gasteiger partial charge is 0.198 e. The lowest BCUT2D eigenvalue weighted by atomic mass is 9.86. The van der Waals surface area contributed by atoms with Gasteiger partial charge in [-0.05, 0) is 12.3 Å². The van der Waals surface area contributed by atoms with Crippen LogP contribution >= 0.6 is 0 Å². The molecule has 10 heavy (non-hydrogen) atoms. The Balaban J connectivity index is 2.48. The largest absolute Gasteiger partial charge is 0.291 e. The Kier molecular flexibility index (Phi) is 2.20. The Bertz CT molecular complexity index is 161. The lowest BCUT2D eigenvalue weighted by molar-refractivity contribution is -0.139. The van der Waals surface area contributed by atoms with Gasteiger partial charge in [0.25, 0.3) is 0 Å². The van der Waals surface area contributed by atoms with Gasteiger partial charge in [0.1, 0.15) is 0 Å². The maximum Gasteiger partial charge on any atom is 0.198 e. The van der Waals surface area contributed by atoms with Crippen molar-refractivity contribution in [2.75, 3.05) is 0 Å². The van der Waals surface area contributed by atoms with E-state index in [-0.39, 0.29) is 11.6 Å². The van der Waals surface area contributed by atoms with Gasteiger partial charge >= 0.3 is 0 Å². The van der Waals surface area contributed by atoms with Gasteiger partial charge < -0.3 is 0 Å². The SMILES string of the molecule is CC[C@@H]1CCC(=O)C(=O)C1. The second-order valence-corrected chi connectivity index (χ2v) is 2.86. The van der Waals surface area contributed by atoms with Gasteiger partial charge in [-0.25, -0.2) is 0 Å². The van der Waals surface area contributed by atoms with Crippen LogP contribution in [0.4, 0.5) is 0 Å².